The van der Waals surface area contributed by atoms with Gasteiger partial charge in [-0.15, -0.1) is 11.6 Å². The summed E-state index contributed by atoms with van der Waals surface area (Å²) in [6.07, 6.45) is 0. The van der Waals surface area contributed by atoms with Crippen molar-refractivity contribution in [2.24, 2.45) is 0 Å². The molecule has 20 heavy (non-hydrogen) atoms. The van der Waals surface area contributed by atoms with Gasteiger partial charge in [-0.25, -0.2) is 4.98 Å². The molecule has 2 aromatic heterocycles. The standard InChI is InChI=1S/C10H11Cl2N5O3/c1-5(18)13-10-15-7-6(8(19)16-10)14-9(12)17(7)4-20-3-2-11/h2-4H2,1H3,(H2,13,15,16,18,19). The largest absolute Gasteiger partial charge is 0.359 e. The number of aromatic amines is 1. The highest BCUT2D eigenvalue weighted by molar-refractivity contribution is 6.29. The lowest BCUT2D eigenvalue weighted by Gasteiger charge is -2.06. The number of aromatic nitrogens is 4. The van der Waals surface area contributed by atoms with Gasteiger partial charge in [-0.2, -0.15) is 4.98 Å². The molecule has 0 radical (unpaired) electrons. The lowest BCUT2D eigenvalue weighted by molar-refractivity contribution is -0.114. The summed E-state index contributed by atoms with van der Waals surface area (Å²) in [4.78, 5) is 33.2. The Morgan fingerprint density at radius 1 is 1.50 bits per heavy atom. The fourth-order valence-corrected chi connectivity index (χ4v) is 1.86. The van der Waals surface area contributed by atoms with Gasteiger partial charge in [-0.05, 0) is 11.6 Å². The van der Waals surface area contributed by atoms with E-state index in [2.05, 4.69) is 20.3 Å². The smallest absolute Gasteiger partial charge is 0.280 e. The maximum atomic E-state index is 11.8. The molecule has 1 amide bonds. The van der Waals surface area contributed by atoms with Crippen LogP contribution in [0.5, 0.6) is 0 Å². The number of carbonyl (C=O) groups is 1. The first-order valence-electron chi connectivity index (χ1n) is 5.60. The molecule has 0 fully saturated rings. The molecule has 0 aromatic carbocycles. The number of nitrogens with zero attached hydrogens (tertiary/aromatic N) is 3. The van der Waals surface area contributed by atoms with E-state index >= 15 is 0 Å². The summed E-state index contributed by atoms with van der Waals surface area (Å²) in [5.41, 5.74) is -0.215. The first-order valence-corrected chi connectivity index (χ1v) is 6.51. The number of fused-ring (bicyclic) bond motifs is 1. The van der Waals surface area contributed by atoms with Crippen molar-refractivity contribution in [3.05, 3.63) is 15.6 Å². The summed E-state index contributed by atoms with van der Waals surface area (Å²) in [5.74, 6) is -0.0108. The van der Waals surface area contributed by atoms with Crippen molar-refractivity contribution in [3.63, 3.8) is 0 Å². The molecule has 2 N–H and O–H groups in total. The van der Waals surface area contributed by atoms with Crippen LogP contribution in [-0.2, 0) is 16.3 Å². The van der Waals surface area contributed by atoms with Crippen LogP contribution < -0.4 is 10.9 Å². The van der Waals surface area contributed by atoms with Crippen molar-refractivity contribution >= 4 is 46.2 Å². The predicted octanol–water partition coefficient (Wildman–Crippen LogP) is 0.944. The van der Waals surface area contributed by atoms with Gasteiger partial charge in [0, 0.05) is 12.8 Å². The number of amides is 1. The van der Waals surface area contributed by atoms with Gasteiger partial charge in [0.1, 0.15) is 6.73 Å². The maximum absolute atomic E-state index is 11.8. The maximum Gasteiger partial charge on any atom is 0.280 e. The first kappa shape index (κ1) is 14.8. The van der Waals surface area contributed by atoms with Crippen LogP contribution in [0.15, 0.2) is 4.79 Å². The number of alkyl halides is 1. The zero-order valence-electron chi connectivity index (χ0n) is 10.4. The minimum atomic E-state index is -0.503. The Hall–Kier alpha value is -1.64. The van der Waals surface area contributed by atoms with E-state index in [1.54, 1.807) is 0 Å². The van der Waals surface area contributed by atoms with Gasteiger partial charge in [0.15, 0.2) is 11.2 Å². The van der Waals surface area contributed by atoms with Crippen LogP contribution in [0.2, 0.25) is 5.28 Å². The van der Waals surface area contributed by atoms with Gasteiger partial charge in [-0.3, -0.25) is 24.5 Å². The number of halogens is 2. The average molecular weight is 320 g/mol. The molecule has 0 unspecified atom stereocenters. The molecule has 0 saturated carbocycles. The second-order valence-electron chi connectivity index (χ2n) is 3.80. The molecular weight excluding hydrogens is 309 g/mol. The van der Waals surface area contributed by atoms with E-state index in [0.717, 1.165) is 0 Å². The van der Waals surface area contributed by atoms with Gasteiger partial charge in [0.2, 0.25) is 17.1 Å². The molecule has 0 aliphatic carbocycles. The van der Waals surface area contributed by atoms with Crippen molar-refractivity contribution in [3.8, 4) is 0 Å². The SMILES string of the molecule is CC(=O)Nc1nc2c(nc(Cl)n2COCCCl)c(=O)[nH]1. The number of hydrogen-bond acceptors (Lipinski definition) is 5. The van der Waals surface area contributed by atoms with E-state index in [0.29, 0.717) is 12.5 Å². The van der Waals surface area contributed by atoms with Crippen LogP contribution >= 0.6 is 23.2 Å². The van der Waals surface area contributed by atoms with Crippen molar-refractivity contribution in [2.45, 2.75) is 13.7 Å². The summed E-state index contributed by atoms with van der Waals surface area (Å²) in [6.45, 7) is 1.68. The summed E-state index contributed by atoms with van der Waals surface area (Å²) in [6, 6.07) is 0. The van der Waals surface area contributed by atoms with Crippen LogP contribution in [0.3, 0.4) is 0 Å². The van der Waals surface area contributed by atoms with Crippen molar-refractivity contribution in [1.29, 1.82) is 0 Å². The quantitative estimate of drug-likeness (QED) is 0.485. The van der Waals surface area contributed by atoms with Gasteiger partial charge >= 0.3 is 0 Å². The summed E-state index contributed by atoms with van der Waals surface area (Å²) < 4.78 is 6.65. The molecule has 2 heterocycles. The highest BCUT2D eigenvalue weighted by Crippen LogP contribution is 2.16. The molecule has 2 aromatic rings. The minimum absolute atomic E-state index is 0.0187. The molecule has 108 valence electrons. The number of nitrogens with one attached hydrogen (secondary N) is 2. The lowest BCUT2D eigenvalue weighted by Crippen LogP contribution is -2.17. The van der Waals surface area contributed by atoms with E-state index in [9.17, 15) is 9.59 Å². The van der Waals surface area contributed by atoms with Crippen LogP contribution in [0.4, 0.5) is 5.95 Å². The van der Waals surface area contributed by atoms with Gasteiger partial charge < -0.3 is 4.74 Å². The Morgan fingerprint density at radius 3 is 2.90 bits per heavy atom. The van der Waals surface area contributed by atoms with E-state index in [1.807, 2.05) is 0 Å². The van der Waals surface area contributed by atoms with Crippen LogP contribution in [0, 0.1) is 0 Å². The number of hydrogen-bond donors (Lipinski definition) is 2. The molecule has 2 rings (SSSR count). The third kappa shape index (κ3) is 3.09. The normalized spacial score (nSPS) is 10.9. The number of ether oxygens (including phenoxy) is 1. The van der Waals surface area contributed by atoms with Gasteiger partial charge in [0.05, 0.1) is 6.61 Å². The lowest BCUT2D eigenvalue weighted by atomic mass is 10.5. The van der Waals surface area contributed by atoms with Gasteiger partial charge in [-0.1, -0.05) is 0 Å². The second-order valence-corrected chi connectivity index (χ2v) is 4.52. The number of imidazole rings is 1. The highest BCUT2D eigenvalue weighted by Gasteiger charge is 2.15. The average Bonchev–Trinajstić information content (AvgIpc) is 2.67. The topological polar surface area (TPSA) is 102 Å². The molecule has 0 atom stereocenters. The summed E-state index contributed by atoms with van der Waals surface area (Å²) in [7, 11) is 0. The van der Waals surface area contributed by atoms with Crippen LogP contribution in [0.25, 0.3) is 11.2 Å². The van der Waals surface area contributed by atoms with Crippen LogP contribution in [-0.4, -0.2) is 37.9 Å². The Balaban J connectivity index is 2.45. The first-order chi connectivity index (χ1) is 9.52. The van der Waals surface area contributed by atoms with E-state index in [-0.39, 0.29) is 35.0 Å². The Bertz CT molecular complexity index is 696. The Labute approximate surface area is 123 Å². The van der Waals surface area contributed by atoms with E-state index in [4.69, 9.17) is 27.9 Å². The fraction of sp³-hybridized carbons (Fsp3) is 0.400. The van der Waals surface area contributed by atoms with Crippen molar-refractivity contribution in [2.75, 3.05) is 17.8 Å². The van der Waals surface area contributed by atoms with Gasteiger partial charge in [0.25, 0.3) is 5.56 Å². The number of rotatable bonds is 5. The molecule has 0 saturated heterocycles. The predicted molar refractivity (Wildman–Crippen MR) is 74.1 cm³/mol. The zero-order chi connectivity index (χ0) is 14.7. The molecule has 8 nitrogen and oxygen atoms in total. The Morgan fingerprint density at radius 2 is 2.25 bits per heavy atom. The number of carbonyl (C=O) groups excluding carboxylic acids is 1. The third-order valence-electron chi connectivity index (χ3n) is 2.30. The molecular formula is C10H11Cl2N5O3. The highest BCUT2D eigenvalue weighted by atomic mass is 35.5. The second kappa shape index (κ2) is 6.21. The molecule has 0 aliphatic rings. The molecule has 0 spiro atoms. The van der Waals surface area contributed by atoms with E-state index < -0.39 is 5.56 Å². The fourth-order valence-electron chi connectivity index (χ4n) is 1.53. The molecule has 0 aliphatic heterocycles. The Kier molecular flexibility index (Phi) is 4.58. The number of anilines is 1. The van der Waals surface area contributed by atoms with E-state index in [1.165, 1.54) is 11.5 Å². The third-order valence-corrected chi connectivity index (χ3v) is 2.74. The summed E-state index contributed by atoms with van der Waals surface area (Å²) in [5, 5.41) is 2.45. The molecule has 0 bridgehead atoms. The van der Waals surface area contributed by atoms with Crippen molar-refractivity contribution < 1.29 is 9.53 Å². The summed E-state index contributed by atoms with van der Waals surface area (Å²) >= 11 is 11.4. The molecule has 10 heteroatoms. The zero-order valence-corrected chi connectivity index (χ0v) is 12.0. The minimum Gasteiger partial charge on any atom is -0.359 e. The van der Waals surface area contributed by atoms with Crippen molar-refractivity contribution in [1.82, 2.24) is 19.5 Å². The van der Waals surface area contributed by atoms with Crippen LogP contribution in [0.1, 0.15) is 6.92 Å². The monoisotopic (exact) mass is 319 g/mol. The number of H-pyrrole nitrogens is 1.